The zero-order chi connectivity index (χ0) is 17.4. The fourth-order valence-corrected chi connectivity index (χ4v) is 2.71. The van der Waals surface area contributed by atoms with Gasteiger partial charge in [-0.15, -0.1) is 6.58 Å². The van der Waals surface area contributed by atoms with E-state index in [9.17, 15) is 4.39 Å². The zero-order valence-corrected chi connectivity index (χ0v) is 14.5. The monoisotopic (exact) mass is 335 g/mol. The molecule has 0 fully saturated rings. The van der Waals surface area contributed by atoms with Gasteiger partial charge >= 0.3 is 0 Å². The SMILES string of the molecule is C=CCCCN(C)C(=NC)NCCc1cc(F)cc2c1OCOC2. The molecule has 1 aromatic carbocycles. The quantitative estimate of drug-likeness (QED) is 0.360. The first-order valence-electron chi connectivity index (χ1n) is 8.20. The van der Waals surface area contributed by atoms with Crippen molar-refractivity contribution >= 4 is 5.96 Å². The number of nitrogens with one attached hydrogen (secondary N) is 1. The van der Waals surface area contributed by atoms with E-state index in [4.69, 9.17) is 9.47 Å². The highest BCUT2D eigenvalue weighted by Crippen LogP contribution is 2.29. The highest BCUT2D eigenvalue weighted by Gasteiger charge is 2.17. The molecule has 0 amide bonds. The molecule has 0 atom stereocenters. The Morgan fingerprint density at radius 1 is 1.50 bits per heavy atom. The molecule has 1 aromatic rings. The number of allylic oxidation sites excluding steroid dienone is 1. The van der Waals surface area contributed by atoms with Gasteiger partial charge < -0.3 is 19.7 Å². The number of hydrogen-bond acceptors (Lipinski definition) is 3. The van der Waals surface area contributed by atoms with Crippen LogP contribution < -0.4 is 10.1 Å². The molecule has 0 spiro atoms. The van der Waals surface area contributed by atoms with E-state index in [2.05, 4.69) is 21.8 Å². The van der Waals surface area contributed by atoms with Gasteiger partial charge in [-0.25, -0.2) is 4.39 Å². The van der Waals surface area contributed by atoms with Crippen LogP contribution in [0.3, 0.4) is 0 Å². The van der Waals surface area contributed by atoms with Crippen molar-refractivity contribution in [3.63, 3.8) is 0 Å². The fraction of sp³-hybridized carbons (Fsp3) is 0.500. The van der Waals surface area contributed by atoms with Crippen LogP contribution in [0.5, 0.6) is 5.75 Å². The fourth-order valence-electron chi connectivity index (χ4n) is 2.71. The molecule has 0 radical (unpaired) electrons. The molecule has 0 aromatic heterocycles. The van der Waals surface area contributed by atoms with Crippen molar-refractivity contribution in [2.24, 2.45) is 4.99 Å². The second-order valence-electron chi connectivity index (χ2n) is 5.74. The van der Waals surface area contributed by atoms with Crippen molar-refractivity contribution in [1.82, 2.24) is 10.2 Å². The first kappa shape index (κ1) is 18.3. The molecule has 0 saturated heterocycles. The molecular formula is C18H26FN3O2. The highest BCUT2D eigenvalue weighted by atomic mass is 19.1. The van der Waals surface area contributed by atoms with Crippen LogP contribution >= 0.6 is 0 Å². The van der Waals surface area contributed by atoms with Crippen LogP contribution in [0.25, 0.3) is 0 Å². The van der Waals surface area contributed by atoms with E-state index in [1.165, 1.54) is 12.1 Å². The summed E-state index contributed by atoms with van der Waals surface area (Å²) in [5.41, 5.74) is 1.62. The van der Waals surface area contributed by atoms with E-state index in [1.54, 1.807) is 7.05 Å². The predicted molar refractivity (Wildman–Crippen MR) is 93.8 cm³/mol. The van der Waals surface area contributed by atoms with Crippen molar-refractivity contribution < 1.29 is 13.9 Å². The minimum absolute atomic E-state index is 0.215. The molecule has 24 heavy (non-hydrogen) atoms. The maximum Gasteiger partial charge on any atom is 0.193 e. The van der Waals surface area contributed by atoms with Gasteiger partial charge in [0.2, 0.25) is 0 Å². The summed E-state index contributed by atoms with van der Waals surface area (Å²) in [5, 5.41) is 3.31. The normalized spacial score (nSPS) is 13.9. The smallest absolute Gasteiger partial charge is 0.193 e. The molecule has 1 heterocycles. The van der Waals surface area contributed by atoms with Crippen molar-refractivity contribution in [3.05, 3.63) is 41.7 Å². The minimum Gasteiger partial charge on any atom is -0.467 e. The molecule has 5 nitrogen and oxygen atoms in total. The summed E-state index contributed by atoms with van der Waals surface area (Å²) in [4.78, 5) is 6.36. The van der Waals surface area contributed by atoms with Crippen molar-refractivity contribution in [1.29, 1.82) is 0 Å². The predicted octanol–water partition coefficient (Wildman–Crippen LogP) is 2.71. The Morgan fingerprint density at radius 3 is 3.08 bits per heavy atom. The first-order valence-corrected chi connectivity index (χ1v) is 8.20. The van der Waals surface area contributed by atoms with Gasteiger partial charge in [0.25, 0.3) is 0 Å². The Bertz CT molecular complexity index is 590. The number of ether oxygens (including phenoxy) is 2. The maximum absolute atomic E-state index is 13.7. The van der Waals surface area contributed by atoms with E-state index in [-0.39, 0.29) is 12.6 Å². The average molecular weight is 335 g/mol. The van der Waals surface area contributed by atoms with Crippen LogP contribution in [0.2, 0.25) is 0 Å². The molecule has 0 aliphatic carbocycles. The number of nitrogens with zero attached hydrogens (tertiary/aromatic N) is 2. The van der Waals surface area contributed by atoms with Gasteiger partial charge in [0, 0.05) is 32.7 Å². The molecule has 132 valence electrons. The van der Waals surface area contributed by atoms with E-state index in [1.807, 2.05) is 13.1 Å². The average Bonchev–Trinajstić information content (AvgIpc) is 2.58. The lowest BCUT2D eigenvalue weighted by atomic mass is 10.1. The summed E-state index contributed by atoms with van der Waals surface area (Å²) in [5.74, 6) is 1.32. The van der Waals surface area contributed by atoms with Crippen LogP contribution in [-0.2, 0) is 17.8 Å². The third-order valence-electron chi connectivity index (χ3n) is 3.90. The number of rotatable bonds is 7. The molecule has 0 saturated carbocycles. The number of hydrogen-bond donors (Lipinski definition) is 1. The third kappa shape index (κ3) is 4.96. The van der Waals surface area contributed by atoms with E-state index < -0.39 is 0 Å². The largest absolute Gasteiger partial charge is 0.467 e. The molecule has 2 rings (SSSR count). The van der Waals surface area contributed by atoms with Crippen LogP contribution in [-0.4, -0.2) is 44.8 Å². The summed E-state index contributed by atoms with van der Waals surface area (Å²) in [6.45, 7) is 5.89. The van der Waals surface area contributed by atoms with Crippen LogP contribution in [0.15, 0.2) is 29.8 Å². The Hall–Kier alpha value is -2.08. The van der Waals surface area contributed by atoms with Crippen LogP contribution in [0, 0.1) is 5.82 Å². The molecule has 0 unspecified atom stereocenters. The maximum atomic E-state index is 13.7. The number of benzene rings is 1. The van der Waals surface area contributed by atoms with Gasteiger partial charge in [-0.3, -0.25) is 4.99 Å². The van der Waals surface area contributed by atoms with Crippen LogP contribution in [0.1, 0.15) is 24.0 Å². The number of unbranched alkanes of at least 4 members (excludes halogenated alkanes) is 1. The molecular weight excluding hydrogens is 309 g/mol. The van der Waals surface area contributed by atoms with Gasteiger partial charge in [-0.1, -0.05) is 6.08 Å². The van der Waals surface area contributed by atoms with Gasteiger partial charge in [0.15, 0.2) is 12.8 Å². The van der Waals surface area contributed by atoms with Gasteiger partial charge in [-0.05, 0) is 37.0 Å². The molecule has 1 N–H and O–H groups in total. The topological polar surface area (TPSA) is 46.1 Å². The summed E-state index contributed by atoms with van der Waals surface area (Å²) < 4.78 is 24.5. The van der Waals surface area contributed by atoms with Crippen molar-refractivity contribution in [3.8, 4) is 5.75 Å². The first-order chi connectivity index (χ1) is 11.7. The van der Waals surface area contributed by atoms with Gasteiger partial charge in [-0.2, -0.15) is 0 Å². The van der Waals surface area contributed by atoms with Gasteiger partial charge in [0.1, 0.15) is 11.6 Å². The Labute approximate surface area is 143 Å². The number of fused-ring (bicyclic) bond motifs is 1. The minimum atomic E-state index is -0.260. The number of aliphatic imine (C=N–C) groups is 1. The standard InChI is InChI=1S/C18H26FN3O2/c1-4-5-6-9-22(3)18(20-2)21-8-7-14-10-16(19)11-15-12-23-13-24-17(14)15/h4,10-11H,1,5-9,12-13H2,2-3H3,(H,20,21). The molecule has 1 aliphatic heterocycles. The second kappa shape index (κ2) is 9.27. The van der Waals surface area contributed by atoms with Gasteiger partial charge in [0.05, 0.1) is 6.61 Å². The van der Waals surface area contributed by atoms with Crippen molar-refractivity contribution in [2.75, 3.05) is 34.0 Å². The highest BCUT2D eigenvalue weighted by molar-refractivity contribution is 5.79. The second-order valence-corrected chi connectivity index (χ2v) is 5.74. The van der Waals surface area contributed by atoms with E-state index in [0.717, 1.165) is 42.2 Å². The zero-order valence-electron chi connectivity index (χ0n) is 14.5. The Morgan fingerprint density at radius 2 is 2.33 bits per heavy atom. The lowest BCUT2D eigenvalue weighted by molar-refractivity contribution is -0.0172. The number of guanidine groups is 1. The molecule has 1 aliphatic rings. The lowest BCUT2D eigenvalue weighted by Crippen LogP contribution is -2.40. The van der Waals surface area contributed by atoms with Crippen LogP contribution in [0.4, 0.5) is 4.39 Å². The third-order valence-corrected chi connectivity index (χ3v) is 3.90. The summed E-state index contributed by atoms with van der Waals surface area (Å²) in [6, 6.07) is 3.00. The molecule has 0 bridgehead atoms. The van der Waals surface area contributed by atoms with E-state index in [0.29, 0.717) is 19.6 Å². The molecule has 6 heteroatoms. The van der Waals surface area contributed by atoms with E-state index >= 15 is 0 Å². The Kier molecular flexibility index (Phi) is 7.06. The lowest BCUT2D eigenvalue weighted by Gasteiger charge is -2.23. The summed E-state index contributed by atoms with van der Waals surface area (Å²) >= 11 is 0. The summed E-state index contributed by atoms with van der Waals surface area (Å²) in [6.07, 6.45) is 4.59. The summed E-state index contributed by atoms with van der Waals surface area (Å²) in [7, 11) is 3.76. The Balaban J connectivity index is 1.91. The van der Waals surface area contributed by atoms with Crippen molar-refractivity contribution in [2.45, 2.75) is 25.9 Å². The number of halogens is 1.